The van der Waals surface area contributed by atoms with Crippen LogP contribution in [0.15, 0.2) is 34.7 Å². The number of pyridine rings is 1. The van der Waals surface area contributed by atoms with Crippen molar-refractivity contribution in [2.75, 3.05) is 20.2 Å². The fourth-order valence-corrected chi connectivity index (χ4v) is 5.08. The van der Waals surface area contributed by atoms with Crippen LogP contribution in [0.25, 0.3) is 0 Å². The van der Waals surface area contributed by atoms with Crippen molar-refractivity contribution in [1.29, 1.82) is 0 Å². The summed E-state index contributed by atoms with van der Waals surface area (Å²) < 4.78 is 36.6. The van der Waals surface area contributed by atoms with Gasteiger partial charge in [0.2, 0.25) is 15.9 Å². The van der Waals surface area contributed by atoms with E-state index >= 15 is 0 Å². The number of nitrogens with zero attached hydrogens (tertiary/aromatic N) is 2. The molecule has 0 N–H and O–H groups in total. The van der Waals surface area contributed by atoms with Gasteiger partial charge in [0.25, 0.3) is 0 Å². The Bertz CT molecular complexity index is 844. The summed E-state index contributed by atoms with van der Waals surface area (Å²) in [4.78, 5) is 15.7. The van der Waals surface area contributed by atoms with Gasteiger partial charge in [-0.05, 0) is 17.5 Å². The molecule has 2 aromatic rings. The predicted molar refractivity (Wildman–Crippen MR) is 88.1 cm³/mol. The summed E-state index contributed by atoms with van der Waals surface area (Å²) in [5.74, 6) is -0.283. The molecule has 0 atom stereocenters. The highest BCUT2D eigenvalue weighted by Crippen LogP contribution is 2.29. The first kappa shape index (κ1) is 17.2. The van der Waals surface area contributed by atoms with Crippen molar-refractivity contribution in [2.45, 2.75) is 11.0 Å². The quantitative estimate of drug-likeness (QED) is 0.728. The van der Waals surface area contributed by atoms with Crippen LogP contribution in [0.3, 0.4) is 0 Å². The largest absolute Gasteiger partial charge is 0.472 e. The molecule has 7 nitrogen and oxygen atoms in total. The molecule has 2 aromatic heterocycles. The lowest BCUT2D eigenvalue weighted by Gasteiger charge is -2.37. The summed E-state index contributed by atoms with van der Waals surface area (Å²) in [5, 5.41) is 2.04. The van der Waals surface area contributed by atoms with Crippen LogP contribution in [0.1, 0.15) is 9.67 Å². The van der Waals surface area contributed by atoms with Gasteiger partial charge in [-0.25, -0.2) is 18.2 Å². The Morgan fingerprint density at radius 2 is 2.12 bits per heavy atom. The molecule has 3 heterocycles. The van der Waals surface area contributed by atoms with E-state index in [9.17, 15) is 13.2 Å². The van der Waals surface area contributed by atoms with Crippen LogP contribution < -0.4 is 4.74 Å². The summed E-state index contributed by atoms with van der Waals surface area (Å²) in [6, 6.07) is 4.67. The van der Waals surface area contributed by atoms with Crippen LogP contribution in [0.2, 0.25) is 5.02 Å². The van der Waals surface area contributed by atoms with E-state index in [4.69, 9.17) is 16.3 Å². The van der Waals surface area contributed by atoms with Crippen molar-refractivity contribution >= 4 is 38.9 Å². The number of hydrogen-bond acceptors (Lipinski definition) is 7. The molecule has 0 amide bonds. The fourth-order valence-electron chi connectivity index (χ4n) is 2.16. The Kier molecular flexibility index (Phi) is 4.77. The molecule has 0 bridgehead atoms. The van der Waals surface area contributed by atoms with Crippen LogP contribution in [0.4, 0.5) is 0 Å². The number of hydrogen-bond donors (Lipinski definition) is 0. The van der Waals surface area contributed by atoms with Crippen molar-refractivity contribution in [3.63, 3.8) is 0 Å². The molecule has 10 heteroatoms. The zero-order chi connectivity index (χ0) is 17.3. The van der Waals surface area contributed by atoms with Crippen molar-refractivity contribution in [3.8, 4) is 5.88 Å². The predicted octanol–water partition coefficient (Wildman–Crippen LogP) is 2.04. The number of sulfonamides is 1. The first-order chi connectivity index (χ1) is 11.4. The topological polar surface area (TPSA) is 85.8 Å². The Balaban J connectivity index is 1.67. The van der Waals surface area contributed by atoms with E-state index in [0.29, 0.717) is 10.9 Å². The average molecular weight is 389 g/mol. The van der Waals surface area contributed by atoms with Crippen LogP contribution in [-0.2, 0) is 14.8 Å². The maximum absolute atomic E-state index is 12.6. The smallest absolute Gasteiger partial charge is 0.349 e. The van der Waals surface area contributed by atoms with Crippen LogP contribution in [0, 0.1) is 0 Å². The molecule has 0 radical (unpaired) electrons. The number of esters is 1. The number of carbonyl (C=O) groups excluding carboxylic acids is 1. The molecule has 0 saturated carbocycles. The summed E-state index contributed by atoms with van der Waals surface area (Å²) in [6.07, 6.45) is 1.16. The van der Waals surface area contributed by atoms with Crippen LogP contribution in [-0.4, -0.2) is 50.0 Å². The number of carbonyl (C=O) groups is 1. The van der Waals surface area contributed by atoms with E-state index in [1.54, 1.807) is 17.5 Å². The van der Waals surface area contributed by atoms with Crippen molar-refractivity contribution < 1.29 is 22.7 Å². The number of aromatic nitrogens is 1. The van der Waals surface area contributed by atoms with Gasteiger partial charge in [0.15, 0.2) is 0 Å². The molecule has 0 aromatic carbocycles. The van der Waals surface area contributed by atoms with Gasteiger partial charge < -0.3 is 9.47 Å². The molecular formula is C14H13ClN2O5S2. The highest BCUT2D eigenvalue weighted by atomic mass is 35.5. The molecule has 3 rings (SSSR count). The van der Waals surface area contributed by atoms with E-state index in [0.717, 1.165) is 11.3 Å². The molecular weight excluding hydrogens is 376 g/mol. The second-order valence-corrected chi connectivity index (χ2v) is 8.24. The van der Waals surface area contributed by atoms with Gasteiger partial charge in [0, 0.05) is 12.3 Å². The van der Waals surface area contributed by atoms with E-state index in [1.165, 1.54) is 23.7 Å². The highest BCUT2D eigenvalue weighted by molar-refractivity contribution is 7.89. The Hall–Kier alpha value is -1.68. The summed E-state index contributed by atoms with van der Waals surface area (Å²) in [7, 11) is -2.54. The first-order valence-corrected chi connectivity index (χ1v) is 9.55. The van der Waals surface area contributed by atoms with Gasteiger partial charge >= 0.3 is 5.97 Å². The minimum Gasteiger partial charge on any atom is -0.472 e. The van der Waals surface area contributed by atoms with Gasteiger partial charge in [-0.1, -0.05) is 11.6 Å². The van der Waals surface area contributed by atoms with Crippen LogP contribution in [0.5, 0.6) is 5.88 Å². The molecule has 1 aliphatic rings. The van der Waals surface area contributed by atoms with Crippen LogP contribution >= 0.6 is 22.9 Å². The third-order valence-corrected chi connectivity index (χ3v) is 6.54. The lowest BCUT2D eigenvalue weighted by Crippen LogP contribution is -2.56. The number of ether oxygens (including phenoxy) is 2. The van der Waals surface area contributed by atoms with Crippen molar-refractivity contribution in [2.24, 2.45) is 0 Å². The first-order valence-electron chi connectivity index (χ1n) is 6.86. The van der Waals surface area contributed by atoms with Gasteiger partial charge in [0.1, 0.15) is 15.9 Å². The Morgan fingerprint density at radius 3 is 2.75 bits per heavy atom. The number of halogens is 1. The minimum absolute atomic E-state index is 0.0394. The molecule has 1 fully saturated rings. The summed E-state index contributed by atoms with van der Waals surface area (Å²) >= 11 is 6.78. The molecule has 0 unspecified atom stereocenters. The summed E-state index contributed by atoms with van der Waals surface area (Å²) in [5.41, 5.74) is 0. The normalized spacial score (nSPS) is 15.8. The van der Waals surface area contributed by atoms with E-state index in [1.807, 2.05) is 0 Å². The maximum Gasteiger partial charge on any atom is 0.349 e. The standard InChI is InChI=1S/C14H13ClN2O5S2/c1-21-14(18)13-11(4-5-23-13)24(19,20)17-7-10(8-17)22-12-3-2-9(15)6-16-12/h2-6,10H,7-8H2,1H3. The van der Waals surface area contributed by atoms with Gasteiger partial charge in [-0.2, -0.15) is 4.31 Å². The highest BCUT2D eigenvalue weighted by Gasteiger charge is 2.40. The molecule has 0 spiro atoms. The third kappa shape index (κ3) is 3.25. The summed E-state index contributed by atoms with van der Waals surface area (Å²) in [6.45, 7) is 0.367. The monoisotopic (exact) mass is 388 g/mol. The zero-order valence-corrected chi connectivity index (χ0v) is 14.9. The third-order valence-electron chi connectivity index (χ3n) is 3.42. The molecule has 0 aliphatic carbocycles. The zero-order valence-electron chi connectivity index (χ0n) is 12.5. The maximum atomic E-state index is 12.6. The Labute approximate surface area is 147 Å². The molecule has 1 aliphatic heterocycles. The number of thiophene rings is 1. The lowest BCUT2D eigenvalue weighted by atomic mass is 10.2. The lowest BCUT2D eigenvalue weighted by molar-refractivity contribution is 0.0600. The second-order valence-electron chi connectivity index (χ2n) is 4.98. The molecule has 24 heavy (non-hydrogen) atoms. The second kappa shape index (κ2) is 6.67. The fraction of sp³-hybridized carbons (Fsp3) is 0.286. The minimum atomic E-state index is -3.76. The van der Waals surface area contributed by atoms with Gasteiger partial charge in [-0.15, -0.1) is 11.3 Å². The van der Waals surface area contributed by atoms with E-state index in [2.05, 4.69) is 9.72 Å². The number of methoxy groups -OCH3 is 1. The van der Waals surface area contributed by atoms with Crippen molar-refractivity contribution in [1.82, 2.24) is 9.29 Å². The average Bonchev–Trinajstić information content (AvgIpc) is 3.01. The SMILES string of the molecule is COC(=O)c1sccc1S(=O)(=O)N1CC(Oc2ccc(Cl)cn2)C1. The van der Waals surface area contributed by atoms with Crippen molar-refractivity contribution in [3.05, 3.63) is 39.7 Å². The van der Waals surface area contributed by atoms with Gasteiger partial charge in [-0.3, -0.25) is 0 Å². The van der Waals surface area contributed by atoms with Gasteiger partial charge in [0.05, 0.1) is 25.2 Å². The van der Waals surface area contributed by atoms with E-state index in [-0.39, 0.29) is 29.0 Å². The van der Waals surface area contributed by atoms with E-state index < -0.39 is 16.0 Å². The Morgan fingerprint density at radius 1 is 1.38 bits per heavy atom. The number of rotatable bonds is 5. The molecule has 1 saturated heterocycles. The molecule has 128 valence electrons.